The molecular weight excluding hydrogens is 266 g/mol. The molecule has 2 aromatic rings. The fraction of sp³-hybridized carbons (Fsp3) is 0.438. The Morgan fingerprint density at radius 2 is 2.43 bits per heavy atom. The first kappa shape index (κ1) is 13.9. The molecule has 1 atom stereocenters. The van der Waals surface area contributed by atoms with Gasteiger partial charge in [-0.1, -0.05) is 6.92 Å². The Bertz CT molecular complexity index is 569. The number of nitrogens with one attached hydrogen (secondary N) is 1. The van der Waals surface area contributed by atoms with Gasteiger partial charge in [0.25, 0.3) is 0 Å². The number of hydrogen-bond acceptors (Lipinski definition) is 4. The molecule has 112 valence electrons. The van der Waals surface area contributed by atoms with E-state index in [-0.39, 0.29) is 0 Å². The zero-order valence-corrected chi connectivity index (χ0v) is 12.3. The number of rotatable bonds is 7. The van der Waals surface area contributed by atoms with Crippen molar-refractivity contribution in [2.45, 2.75) is 25.9 Å². The topological polar surface area (TPSA) is 48.3 Å². The first-order valence-corrected chi connectivity index (χ1v) is 7.47. The molecule has 0 saturated heterocycles. The van der Waals surface area contributed by atoms with Gasteiger partial charge in [-0.05, 0) is 31.2 Å². The minimum Gasteiger partial charge on any atom is -0.492 e. The molecule has 0 fully saturated rings. The van der Waals surface area contributed by atoms with E-state index in [1.54, 1.807) is 6.20 Å². The van der Waals surface area contributed by atoms with E-state index in [1.807, 2.05) is 29.1 Å². The van der Waals surface area contributed by atoms with Gasteiger partial charge >= 0.3 is 0 Å². The molecule has 0 bridgehead atoms. The first-order chi connectivity index (χ1) is 10.4. The van der Waals surface area contributed by atoms with Crippen molar-refractivity contribution in [1.29, 1.82) is 0 Å². The van der Waals surface area contributed by atoms with Gasteiger partial charge in [0.1, 0.15) is 24.7 Å². The van der Waals surface area contributed by atoms with Gasteiger partial charge in [-0.3, -0.25) is 4.68 Å². The van der Waals surface area contributed by atoms with E-state index in [0.717, 1.165) is 31.0 Å². The number of fused-ring (bicyclic) bond motifs is 1. The van der Waals surface area contributed by atoms with E-state index in [9.17, 15) is 0 Å². The maximum atomic E-state index is 5.76. The Labute approximate surface area is 124 Å². The summed E-state index contributed by atoms with van der Waals surface area (Å²) in [5, 5.41) is 7.64. The Hall–Kier alpha value is -2.01. The van der Waals surface area contributed by atoms with E-state index in [1.165, 1.54) is 5.56 Å². The predicted octanol–water partition coefficient (Wildman–Crippen LogP) is 2.40. The molecule has 0 spiro atoms. The van der Waals surface area contributed by atoms with Gasteiger partial charge in [-0.25, -0.2) is 0 Å². The lowest BCUT2D eigenvalue weighted by atomic mass is 10.1. The zero-order valence-electron chi connectivity index (χ0n) is 12.3. The van der Waals surface area contributed by atoms with E-state index in [4.69, 9.17) is 9.47 Å². The van der Waals surface area contributed by atoms with Crippen LogP contribution < -0.4 is 14.8 Å². The number of aromatic nitrogens is 2. The number of benzene rings is 1. The predicted molar refractivity (Wildman–Crippen MR) is 80.7 cm³/mol. The smallest absolute Gasteiger partial charge is 0.127 e. The van der Waals surface area contributed by atoms with E-state index in [2.05, 4.69) is 23.4 Å². The third kappa shape index (κ3) is 3.36. The molecule has 1 aromatic carbocycles. The summed E-state index contributed by atoms with van der Waals surface area (Å²) >= 11 is 0. The van der Waals surface area contributed by atoms with Crippen LogP contribution in [0.4, 0.5) is 0 Å². The molecule has 5 nitrogen and oxygen atoms in total. The highest BCUT2D eigenvalue weighted by molar-refractivity contribution is 5.45. The molecule has 0 saturated carbocycles. The average Bonchev–Trinajstić information content (AvgIpc) is 3.14. The lowest BCUT2D eigenvalue weighted by Gasteiger charge is -2.11. The lowest BCUT2D eigenvalue weighted by molar-refractivity contribution is 0.286. The van der Waals surface area contributed by atoms with Crippen molar-refractivity contribution in [3.63, 3.8) is 0 Å². The Morgan fingerprint density at radius 3 is 3.24 bits per heavy atom. The number of nitrogens with zero attached hydrogens (tertiary/aromatic N) is 2. The highest BCUT2D eigenvalue weighted by atomic mass is 16.5. The molecule has 2 heterocycles. The van der Waals surface area contributed by atoms with Crippen molar-refractivity contribution in [1.82, 2.24) is 15.1 Å². The van der Waals surface area contributed by atoms with Crippen LogP contribution in [-0.2, 0) is 6.54 Å². The maximum absolute atomic E-state index is 5.76. The molecule has 1 aliphatic rings. The average molecular weight is 287 g/mol. The summed E-state index contributed by atoms with van der Waals surface area (Å²) in [5.74, 6) is 1.78. The van der Waals surface area contributed by atoms with E-state index in [0.29, 0.717) is 19.3 Å². The molecule has 1 aliphatic heterocycles. The standard InChI is InChI=1S/C16H21N3O2/c1-2-6-17-15-12-21-16-11-13(4-5-14(15)16)20-10-9-19-8-3-7-18-19/h3-5,7-8,11,15,17H,2,6,9-10,12H2,1H3. The van der Waals surface area contributed by atoms with Crippen molar-refractivity contribution < 1.29 is 9.47 Å². The molecule has 21 heavy (non-hydrogen) atoms. The number of ether oxygens (including phenoxy) is 2. The molecule has 3 rings (SSSR count). The van der Waals surface area contributed by atoms with Crippen molar-refractivity contribution in [2.75, 3.05) is 19.8 Å². The molecule has 0 radical (unpaired) electrons. The zero-order chi connectivity index (χ0) is 14.5. The van der Waals surface area contributed by atoms with Crippen LogP contribution in [0.25, 0.3) is 0 Å². The Kier molecular flexibility index (Phi) is 4.40. The molecule has 5 heteroatoms. The van der Waals surface area contributed by atoms with Gasteiger partial charge in [-0.15, -0.1) is 0 Å². The van der Waals surface area contributed by atoms with Crippen LogP contribution in [0.5, 0.6) is 11.5 Å². The van der Waals surface area contributed by atoms with Crippen LogP contribution in [0, 0.1) is 0 Å². The minimum absolute atomic E-state index is 0.304. The second-order valence-corrected chi connectivity index (χ2v) is 5.13. The summed E-state index contributed by atoms with van der Waals surface area (Å²) in [6, 6.07) is 8.30. The second kappa shape index (κ2) is 6.63. The third-order valence-corrected chi connectivity index (χ3v) is 3.55. The third-order valence-electron chi connectivity index (χ3n) is 3.55. The molecular formula is C16H21N3O2. The van der Waals surface area contributed by atoms with E-state index < -0.39 is 0 Å². The molecule has 1 aromatic heterocycles. The lowest BCUT2D eigenvalue weighted by Crippen LogP contribution is -2.22. The van der Waals surface area contributed by atoms with Crippen LogP contribution in [-0.4, -0.2) is 29.5 Å². The SMILES string of the molecule is CCCNC1COc2cc(OCCn3cccn3)ccc21. The van der Waals surface area contributed by atoms with E-state index >= 15 is 0 Å². The van der Waals surface area contributed by atoms with Crippen LogP contribution in [0.3, 0.4) is 0 Å². The van der Waals surface area contributed by atoms with Gasteiger partial charge in [0.05, 0.1) is 12.6 Å². The summed E-state index contributed by atoms with van der Waals surface area (Å²) in [4.78, 5) is 0. The van der Waals surface area contributed by atoms with Gasteiger partial charge in [0.15, 0.2) is 0 Å². The van der Waals surface area contributed by atoms with Crippen molar-refractivity contribution in [3.8, 4) is 11.5 Å². The molecule has 0 amide bonds. The Balaban J connectivity index is 1.56. The summed E-state index contributed by atoms with van der Waals surface area (Å²) in [6.07, 6.45) is 4.83. The fourth-order valence-corrected chi connectivity index (χ4v) is 2.46. The van der Waals surface area contributed by atoms with Gasteiger partial charge in [-0.2, -0.15) is 5.10 Å². The van der Waals surface area contributed by atoms with Gasteiger partial charge in [0, 0.05) is 24.0 Å². The maximum Gasteiger partial charge on any atom is 0.127 e. The normalized spacial score (nSPS) is 16.5. The summed E-state index contributed by atoms with van der Waals surface area (Å²) in [5.41, 5.74) is 1.22. The quantitative estimate of drug-likeness (QED) is 0.849. The van der Waals surface area contributed by atoms with Crippen LogP contribution >= 0.6 is 0 Å². The summed E-state index contributed by atoms with van der Waals surface area (Å²) in [7, 11) is 0. The van der Waals surface area contributed by atoms with Crippen LogP contribution in [0.2, 0.25) is 0 Å². The second-order valence-electron chi connectivity index (χ2n) is 5.13. The summed E-state index contributed by atoms with van der Waals surface area (Å²) in [6.45, 7) is 5.21. The van der Waals surface area contributed by atoms with Crippen molar-refractivity contribution in [3.05, 3.63) is 42.2 Å². The molecule has 1 N–H and O–H groups in total. The minimum atomic E-state index is 0.304. The number of hydrogen-bond donors (Lipinski definition) is 1. The highest BCUT2D eigenvalue weighted by Crippen LogP contribution is 2.35. The van der Waals surface area contributed by atoms with Gasteiger partial charge < -0.3 is 14.8 Å². The largest absolute Gasteiger partial charge is 0.492 e. The van der Waals surface area contributed by atoms with Crippen LogP contribution in [0.15, 0.2) is 36.7 Å². The van der Waals surface area contributed by atoms with Crippen LogP contribution in [0.1, 0.15) is 24.9 Å². The van der Waals surface area contributed by atoms with Crippen molar-refractivity contribution >= 4 is 0 Å². The molecule has 1 unspecified atom stereocenters. The van der Waals surface area contributed by atoms with Gasteiger partial charge in [0.2, 0.25) is 0 Å². The fourth-order valence-electron chi connectivity index (χ4n) is 2.46. The molecule has 0 aliphatic carbocycles. The Morgan fingerprint density at radius 1 is 1.48 bits per heavy atom. The highest BCUT2D eigenvalue weighted by Gasteiger charge is 2.23. The first-order valence-electron chi connectivity index (χ1n) is 7.47. The monoisotopic (exact) mass is 287 g/mol. The van der Waals surface area contributed by atoms with Crippen molar-refractivity contribution in [2.24, 2.45) is 0 Å². The summed E-state index contributed by atoms with van der Waals surface area (Å²) < 4.78 is 13.4.